The minimum atomic E-state index is -0.456. The lowest BCUT2D eigenvalue weighted by Gasteiger charge is -2.24. The second-order valence-electron chi connectivity index (χ2n) is 5.26. The van der Waals surface area contributed by atoms with E-state index in [0.717, 1.165) is 12.0 Å². The van der Waals surface area contributed by atoms with Gasteiger partial charge in [0.25, 0.3) is 0 Å². The van der Waals surface area contributed by atoms with Gasteiger partial charge in [-0.15, -0.1) is 0 Å². The minimum absolute atomic E-state index is 0.302. The van der Waals surface area contributed by atoms with Gasteiger partial charge in [-0.25, -0.2) is 14.8 Å². The van der Waals surface area contributed by atoms with Gasteiger partial charge >= 0.3 is 6.09 Å². The molecule has 0 N–H and O–H groups in total. The maximum atomic E-state index is 11.7. The number of carbonyl (C=O) groups excluding carboxylic acids is 1. The van der Waals surface area contributed by atoms with Crippen molar-refractivity contribution in [3.8, 4) is 0 Å². The smallest absolute Gasteiger partial charge is 0.410 e. The summed E-state index contributed by atoms with van der Waals surface area (Å²) < 4.78 is 5.26. The first-order valence-electron chi connectivity index (χ1n) is 6.24. The molecule has 19 heavy (non-hydrogen) atoms. The van der Waals surface area contributed by atoms with Gasteiger partial charge in [-0.1, -0.05) is 12.2 Å². The highest BCUT2D eigenvalue weighted by Crippen LogP contribution is 2.09. The third kappa shape index (κ3) is 6.55. The fourth-order valence-corrected chi connectivity index (χ4v) is 1.32. The predicted molar refractivity (Wildman–Crippen MR) is 74.5 cm³/mol. The Hall–Kier alpha value is -1.91. The Bertz CT molecular complexity index is 424. The molecule has 1 aromatic rings. The Kier molecular flexibility index (Phi) is 5.48. The third-order valence-electron chi connectivity index (χ3n) is 2.23. The fraction of sp³-hybridized carbons (Fsp3) is 0.500. The molecule has 0 fully saturated rings. The number of amides is 1. The molecule has 0 aliphatic rings. The second-order valence-corrected chi connectivity index (χ2v) is 5.26. The van der Waals surface area contributed by atoms with E-state index in [0.29, 0.717) is 6.54 Å². The van der Waals surface area contributed by atoms with Crippen LogP contribution in [0.25, 0.3) is 6.08 Å². The first-order chi connectivity index (χ1) is 8.88. The van der Waals surface area contributed by atoms with Crippen LogP contribution in [0.2, 0.25) is 0 Å². The fourth-order valence-electron chi connectivity index (χ4n) is 1.32. The van der Waals surface area contributed by atoms with Gasteiger partial charge in [0.05, 0.1) is 0 Å². The van der Waals surface area contributed by atoms with Gasteiger partial charge in [0, 0.05) is 31.5 Å². The summed E-state index contributed by atoms with van der Waals surface area (Å²) >= 11 is 0. The zero-order valence-corrected chi connectivity index (χ0v) is 12.0. The van der Waals surface area contributed by atoms with Crippen molar-refractivity contribution in [3.63, 3.8) is 0 Å². The van der Waals surface area contributed by atoms with Crippen molar-refractivity contribution in [2.24, 2.45) is 0 Å². The summed E-state index contributed by atoms with van der Waals surface area (Å²) in [5.41, 5.74) is 0.491. The van der Waals surface area contributed by atoms with Gasteiger partial charge in [-0.2, -0.15) is 0 Å². The molecule has 0 saturated heterocycles. The molecule has 1 rings (SSSR count). The largest absolute Gasteiger partial charge is 0.444 e. The Morgan fingerprint density at radius 2 is 2.00 bits per heavy atom. The van der Waals surface area contributed by atoms with Gasteiger partial charge in [0.1, 0.15) is 11.9 Å². The normalized spacial score (nSPS) is 11.6. The minimum Gasteiger partial charge on any atom is -0.444 e. The van der Waals surface area contributed by atoms with E-state index in [-0.39, 0.29) is 6.09 Å². The molecule has 0 spiro atoms. The summed E-state index contributed by atoms with van der Waals surface area (Å²) in [6.07, 6.45) is 9.34. The van der Waals surface area contributed by atoms with E-state index >= 15 is 0 Å². The highest BCUT2D eigenvalue weighted by atomic mass is 16.6. The quantitative estimate of drug-likeness (QED) is 0.838. The van der Waals surface area contributed by atoms with Crippen molar-refractivity contribution in [1.29, 1.82) is 0 Å². The van der Waals surface area contributed by atoms with Crippen molar-refractivity contribution >= 4 is 12.2 Å². The van der Waals surface area contributed by atoms with Crippen LogP contribution in [0.3, 0.4) is 0 Å². The summed E-state index contributed by atoms with van der Waals surface area (Å²) in [6.45, 7) is 6.18. The average molecular weight is 263 g/mol. The molecule has 0 atom stereocenters. The van der Waals surface area contributed by atoms with E-state index in [1.165, 1.54) is 6.33 Å². The number of ether oxygens (including phenoxy) is 1. The molecule has 1 amide bonds. The van der Waals surface area contributed by atoms with Gasteiger partial charge in [-0.05, 0) is 27.2 Å². The molecule has 0 radical (unpaired) electrons. The number of nitrogens with zero attached hydrogens (tertiary/aromatic N) is 3. The zero-order valence-electron chi connectivity index (χ0n) is 12.0. The number of hydrogen-bond acceptors (Lipinski definition) is 4. The van der Waals surface area contributed by atoms with Crippen molar-refractivity contribution in [2.75, 3.05) is 13.6 Å². The highest BCUT2D eigenvalue weighted by molar-refractivity contribution is 5.67. The van der Waals surface area contributed by atoms with Crippen molar-refractivity contribution < 1.29 is 9.53 Å². The van der Waals surface area contributed by atoms with Crippen LogP contribution in [0.1, 0.15) is 32.8 Å². The standard InChI is InChI=1S/C14H21N3O2/c1-14(2,3)19-13(18)17(4)8-6-5-7-12-9-15-11-16-10-12/h5,7,9-11H,6,8H2,1-4H3. The zero-order chi connectivity index (χ0) is 14.3. The molecule has 0 aliphatic carbocycles. The van der Waals surface area contributed by atoms with Crippen LogP contribution in [-0.2, 0) is 4.74 Å². The second kappa shape index (κ2) is 6.87. The summed E-state index contributed by atoms with van der Waals surface area (Å²) in [6, 6.07) is 0. The van der Waals surface area contributed by atoms with Crippen molar-refractivity contribution in [2.45, 2.75) is 32.8 Å². The Morgan fingerprint density at radius 3 is 2.58 bits per heavy atom. The van der Waals surface area contributed by atoms with Gasteiger partial charge in [0.2, 0.25) is 0 Å². The predicted octanol–water partition coefficient (Wildman–Crippen LogP) is 2.75. The van der Waals surface area contributed by atoms with Crippen LogP contribution >= 0.6 is 0 Å². The van der Waals surface area contributed by atoms with Gasteiger partial charge in [0.15, 0.2) is 0 Å². The van der Waals surface area contributed by atoms with E-state index in [1.54, 1.807) is 24.3 Å². The Morgan fingerprint density at radius 1 is 1.37 bits per heavy atom. The van der Waals surface area contributed by atoms with E-state index in [1.807, 2.05) is 32.9 Å². The number of aromatic nitrogens is 2. The molecule has 0 aliphatic heterocycles. The highest BCUT2D eigenvalue weighted by Gasteiger charge is 2.18. The summed E-state index contributed by atoms with van der Waals surface area (Å²) in [4.78, 5) is 21.1. The lowest BCUT2D eigenvalue weighted by molar-refractivity contribution is 0.0302. The molecule has 5 heteroatoms. The van der Waals surface area contributed by atoms with Crippen LogP contribution in [0.15, 0.2) is 24.8 Å². The molecule has 0 unspecified atom stereocenters. The number of rotatable bonds is 4. The maximum Gasteiger partial charge on any atom is 0.410 e. The molecule has 1 heterocycles. The molecule has 104 valence electrons. The topological polar surface area (TPSA) is 55.3 Å². The first-order valence-corrected chi connectivity index (χ1v) is 6.24. The maximum absolute atomic E-state index is 11.7. The Labute approximate surface area is 114 Å². The third-order valence-corrected chi connectivity index (χ3v) is 2.23. The molecular formula is C14H21N3O2. The van der Waals surface area contributed by atoms with Crippen LogP contribution in [-0.4, -0.2) is 40.2 Å². The van der Waals surface area contributed by atoms with E-state index in [9.17, 15) is 4.79 Å². The molecule has 0 aromatic carbocycles. The van der Waals surface area contributed by atoms with Gasteiger partial charge < -0.3 is 9.64 Å². The van der Waals surface area contributed by atoms with Crippen molar-refractivity contribution in [3.05, 3.63) is 30.4 Å². The Balaban J connectivity index is 2.33. The number of carbonyl (C=O) groups is 1. The molecule has 0 saturated carbocycles. The van der Waals surface area contributed by atoms with E-state index < -0.39 is 5.60 Å². The SMILES string of the molecule is CN(CCC=Cc1cncnc1)C(=O)OC(C)(C)C. The summed E-state index contributed by atoms with van der Waals surface area (Å²) in [5, 5.41) is 0. The molecule has 0 bridgehead atoms. The van der Waals surface area contributed by atoms with Crippen LogP contribution in [0.4, 0.5) is 4.79 Å². The average Bonchev–Trinajstić information content (AvgIpc) is 2.33. The van der Waals surface area contributed by atoms with E-state index in [2.05, 4.69) is 9.97 Å². The molecular weight excluding hydrogens is 242 g/mol. The lowest BCUT2D eigenvalue weighted by atomic mass is 10.2. The molecule has 5 nitrogen and oxygen atoms in total. The summed E-state index contributed by atoms with van der Waals surface area (Å²) in [5.74, 6) is 0. The van der Waals surface area contributed by atoms with Crippen LogP contribution in [0.5, 0.6) is 0 Å². The summed E-state index contributed by atoms with van der Waals surface area (Å²) in [7, 11) is 1.73. The molecule has 1 aromatic heterocycles. The van der Waals surface area contributed by atoms with Crippen LogP contribution in [0, 0.1) is 0 Å². The van der Waals surface area contributed by atoms with Crippen molar-refractivity contribution in [1.82, 2.24) is 14.9 Å². The van der Waals surface area contributed by atoms with E-state index in [4.69, 9.17) is 4.74 Å². The van der Waals surface area contributed by atoms with Crippen LogP contribution < -0.4 is 0 Å². The number of hydrogen-bond donors (Lipinski definition) is 0. The monoisotopic (exact) mass is 263 g/mol. The van der Waals surface area contributed by atoms with Gasteiger partial charge in [-0.3, -0.25) is 0 Å². The first kappa shape index (κ1) is 15.1. The lowest BCUT2D eigenvalue weighted by Crippen LogP contribution is -2.34.